The van der Waals surface area contributed by atoms with Gasteiger partial charge in [-0.3, -0.25) is 14.5 Å². The minimum absolute atomic E-state index is 0.0885. The molecule has 0 heterocycles. The third kappa shape index (κ3) is 23.7. The first-order valence-corrected chi connectivity index (χ1v) is 16.2. The summed E-state index contributed by atoms with van der Waals surface area (Å²) in [6, 6.07) is -0.0885. The van der Waals surface area contributed by atoms with Crippen molar-refractivity contribution >= 4 is 11.6 Å². The number of carbonyl (C=O) groups excluding carboxylic acids is 2. The van der Waals surface area contributed by atoms with Crippen molar-refractivity contribution in [1.29, 1.82) is 0 Å². The summed E-state index contributed by atoms with van der Waals surface area (Å²) in [4.78, 5) is 27.2. The molecular formula is C33H65NO2. The van der Waals surface area contributed by atoms with Crippen LogP contribution in [0.5, 0.6) is 0 Å². The van der Waals surface area contributed by atoms with Crippen LogP contribution < -0.4 is 0 Å². The average molecular weight is 508 g/mol. The van der Waals surface area contributed by atoms with E-state index in [0.717, 1.165) is 12.8 Å². The Morgan fingerprint density at radius 3 is 1.17 bits per heavy atom. The maximum atomic E-state index is 12.8. The van der Waals surface area contributed by atoms with Crippen LogP contribution in [-0.4, -0.2) is 36.6 Å². The second kappa shape index (κ2) is 27.3. The Morgan fingerprint density at radius 2 is 0.806 bits per heavy atom. The monoisotopic (exact) mass is 508 g/mol. The van der Waals surface area contributed by atoms with E-state index >= 15 is 0 Å². The Kier molecular flexibility index (Phi) is 26.8. The first-order valence-electron chi connectivity index (χ1n) is 16.2. The minimum Gasteiger partial charge on any atom is -0.300 e. The molecule has 0 radical (unpaired) electrons. The summed E-state index contributed by atoms with van der Waals surface area (Å²) in [6.07, 6.45) is 31.4. The largest absolute Gasteiger partial charge is 0.300 e. The quantitative estimate of drug-likeness (QED) is 0.0945. The molecule has 0 aliphatic heterocycles. The summed E-state index contributed by atoms with van der Waals surface area (Å²) in [7, 11) is 3.97. The number of hydrogen-bond acceptors (Lipinski definition) is 3. The summed E-state index contributed by atoms with van der Waals surface area (Å²) < 4.78 is 0. The van der Waals surface area contributed by atoms with Gasteiger partial charge in [-0.25, -0.2) is 0 Å². The highest BCUT2D eigenvalue weighted by molar-refractivity contribution is 5.85. The van der Waals surface area contributed by atoms with E-state index in [4.69, 9.17) is 0 Å². The predicted octanol–water partition coefficient (Wildman–Crippen LogP) is 10.2. The Bertz CT molecular complexity index is 488. The van der Waals surface area contributed by atoms with Crippen LogP contribution in [0.2, 0.25) is 0 Å². The van der Waals surface area contributed by atoms with Crippen LogP contribution >= 0.6 is 0 Å². The lowest BCUT2D eigenvalue weighted by atomic mass is 9.97. The molecule has 0 N–H and O–H groups in total. The van der Waals surface area contributed by atoms with Gasteiger partial charge in [-0.1, -0.05) is 142 Å². The third-order valence-corrected chi connectivity index (χ3v) is 7.78. The lowest BCUT2D eigenvalue weighted by Gasteiger charge is -2.22. The molecule has 0 aromatic heterocycles. The van der Waals surface area contributed by atoms with Gasteiger partial charge in [-0.05, 0) is 33.4 Å². The van der Waals surface area contributed by atoms with Crippen LogP contribution in [0.25, 0.3) is 0 Å². The second-order valence-corrected chi connectivity index (χ2v) is 11.6. The smallest absolute Gasteiger partial charge is 0.149 e. The van der Waals surface area contributed by atoms with E-state index in [1.165, 1.54) is 128 Å². The molecule has 1 atom stereocenters. The van der Waals surface area contributed by atoms with Crippen LogP contribution in [0.1, 0.15) is 181 Å². The Balaban J connectivity index is 3.72. The summed E-state index contributed by atoms with van der Waals surface area (Å²) in [6.45, 7) is 4.54. The molecule has 0 aliphatic carbocycles. The predicted molar refractivity (Wildman–Crippen MR) is 159 cm³/mol. The normalized spacial score (nSPS) is 12.4. The minimum atomic E-state index is -0.0885. The molecule has 3 nitrogen and oxygen atoms in total. The number of Topliss-reactive ketones (excluding diaryl/α,β-unsaturated/α-hetero) is 2. The van der Waals surface area contributed by atoms with Crippen molar-refractivity contribution < 1.29 is 9.59 Å². The number of rotatable bonds is 29. The van der Waals surface area contributed by atoms with E-state index in [0.29, 0.717) is 37.2 Å². The van der Waals surface area contributed by atoms with Gasteiger partial charge in [-0.15, -0.1) is 0 Å². The Labute approximate surface area is 227 Å². The average Bonchev–Trinajstić information content (AvgIpc) is 2.85. The Morgan fingerprint density at radius 1 is 0.472 bits per heavy atom. The zero-order valence-corrected chi connectivity index (χ0v) is 25.2. The number of carbonyl (C=O) groups is 2. The molecule has 0 saturated carbocycles. The zero-order valence-electron chi connectivity index (χ0n) is 25.2. The second-order valence-electron chi connectivity index (χ2n) is 11.6. The molecule has 214 valence electrons. The first kappa shape index (κ1) is 35.3. The molecule has 0 aliphatic rings. The summed E-state index contributed by atoms with van der Waals surface area (Å²) in [5.74, 6) is 0.679. The molecule has 0 aromatic rings. The maximum absolute atomic E-state index is 12.8. The van der Waals surface area contributed by atoms with Gasteiger partial charge >= 0.3 is 0 Å². The molecule has 1 unspecified atom stereocenters. The summed E-state index contributed by atoms with van der Waals surface area (Å²) in [5, 5.41) is 0. The van der Waals surface area contributed by atoms with Crippen molar-refractivity contribution in [2.45, 2.75) is 187 Å². The van der Waals surface area contributed by atoms with Gasteiger partial charge < -0.3 is 0 Å². The lowest BCUT2D eigenvalue weighted by molar-refractivity contribution is -0.124. The van der Waals surface area contributed by atoms with Crippen molar-refractivity contribution in [3.63, 3.8) is 0 Å². The molecule has 0 rings (SSSR count). The topological polar surface area (TPSA) is 37.4 Å². The third-order valence-electron chi connectivity index (χ3n) is 7.78. The van der Waals surface area contributed by atoms with Crippen molar-refractivity contribution in [3.8, 4) is 0 Å². The number of ketones is 2. The summed E-state index contributed by atoms with van der Waals surface area (Å²) in [5.41, 5.74) is 0. The van der Waals surface area contributed by atoms with Crippen LogP contribution in [0, 0.1) is 0 Å². The van der Waals surface area contributed by atoms with Crippen molar-refractivity contribution in [3.05, 3.63) is 0 Å². The van der Waals surface area contributed by atoms with Gasteiger partial charge in [0.25, 0.3) is 0 Å². The molecule has 0 aromatic carbocycles. The van der Waals surface area contributed by atoms with Gasteiger partial charge in [-0.2, -0.15) is 0 Å². The molecule has 0 fully saturated rings. The van der Waals surface area contributed by atoms with Crippen LogP contribution in [0.15, 0.2) is 0 Å². The number of unbranched alkanes of at least 4 members (excludes halogenated alkanes) is 20. The van der Waals surface area contributed by atoms with E-state index in [-0.39, 0.29) is 6.04 Å². The first-order chi connectivity index (χ1) is 17.5. The fraction of sp³-hybridized carbons (Fsp3) is 0.939. The highest BCUT2D eigenvalue weighted by Gasteiger charge is 2.21. The fourth-order valence-corrected chi connectivity index (χ4v) is 5.25. The fourth-order valence-electron chi connectivity index (χ4n) is 5.25. The highest BCUT2D eigenvalue weighted by Crippen LogP contribution is 2.16. The van der Waals surface area contributed by atoms with Crippen molar-refractivity contribution in [1.82, 2.24) is 4.90 Å². The lowest BCUT2D eigenvalue weighted by Crippen LogP contribution is -2.36. The van der Waals surface area contributed by atoms with Crippen LogP contribution in [0.4, 0.5) is 0 Å². The maximum Gasteiger partial charge on any atom is 0.149 e. The molecule has 0 spiro atoms. The number of hydrogen-bond donors (Lipinski definition) is 0. The van der Waals surface area contributed by atoms with Crippen LogP contribution in [0.3, 0.4) is 0 Å². The van der Waals surface area contributed by atoms with Gasteiger partial charge in [0, 0.05) is 19.3 Å². The number of nitrogens with zero attached hydrogens (tertiary/aromatic N) is 1. The highest BCUT2D eigenvalue weighted by atomic mass is 16.1. The zero-order chi connectivity index (χ0) is 26.7. The van der Waals surface area contributed by atoms with E-state index in [9.17, 15) is 9.59 Å². The SMILES string of the molecule is CCCCCCCCCCCCCC(=O)CCC(C(=O)CCCCCCCCCCCCC)N(C)C. The van der Waals surface area contributed by atoms with Gasteiger partial charge in [0.15, 0.2) is 0 Å². The molecule has 36 heavy (non-hydrogen) atoms. The molecule has 3 heteroatoms. The van der Waals surface area contributed by atoms with Gasteiger partial charge in [0.2, 0.25) is 0 Å². The van der Waals surface area contributed by atoms with Crippen molar-refractivity contribution in [2.24, 2.45) is 0 Å². The van der Waals surface area contributed by atoms with E-state index in [2.05, 4.69) is 13.8 Å². The molecule has 0 bridgehead atoms. The van der Waals surface area contributed by atoms with E-state index < -0.39 is 0 Å². The summed E-state index contributed by atoms with van der Waals surface area (Å²) >= 11 is 0. The van der Waals surface area contributed by atoms with E-state index in [1.54, 1.807) is 0 Å². The van der Waals surface area contributed by atoms with Gasteiger partial charge in [0.1, 0.15) is 11.6 Å². The molecular weight excluding hydrogens is 442 g/mol. The Hall–Kier alpha value is -0.700. The number of likely N-dealkylation sites (N-methyl/N-ethyl adjacent to an activating group) is 1. The van der Waals surface area contributed by atoms with Gasteiger partial charge in [0.05, 0.1) is 6.04 Å². The standard InChI is InChI=1S/C33H65NO2/c1-5-7-9-11-13-15-17-19-21-23-25-27-31(35)29-30-32(34(3)4)33(36)28-26-24-22-20-18-16-14-12-10-8-6-2/h32H,5-30H2,1-4H3. The molecule has 0 amide bonds. The van der Waals surface area contributed by atoms with E-state index in [1.807, 2.05) is 19.0 Å². The molecule has 0 saturated heterocycles. The van der Waals surface area contributed by atoms with Crippen LogP contribution in [-0.2, 0) is 9.59 Å². The van der Waals surface area contributed by atoms with Crippen molar-refractivity contribution in [2.75, 3.05) is 14.1 Å².